The third-order valence-electron chi connectivity index (χ3n) is 3.74. The van der Waals surface area contributed by atoms with Crippen molar-refractivity contribution in [3.8, 4) is 0 Å². The summed E-state index contributed by atoms with van der Waals surface area (Å²) in [7, 11) is 0. The van der Waals surface area contributed by atoms with Gasteiger partial charge in [-0.3, -0.25) is 9.78 Å². The van der Waals surface area contributed by atoms with Gasteiger partial charge in [-0.1, -0.05) is 66.7 Å². The maximum absolute atomic E-state index is 12.9. The summed E-state index contributed by atoms with van der Waals surface area (Å²) in [4.78, 5) is 17.1. The Balaban J connectivity index is 1.95. The summed E-state index contributed by atoms with van der Waals surface area (Å²) in [6.45, 7) is 0. The monoisotopic (exact) mass is 287 g/mol. The average molecular weight is 287 g/mol. The highest BCUT2D eigenvalue weighted by molar-refractivity contribution is 6.01. The van der Waals surface area contributed by atoms with Crippen LogP contribution in [-0.4, -0.2) is 10.8 Å². The van der Waals surface area contributed by atoms with Gasteiger partial charge in [-0.15, -0.1) is 0 Å². The Labute approximate surface area is 130 Å². The predicted octanol–water partition coefficient (Wildman–Crippen LogP) is 4.29. The number of nitrogens with zero attached hydrogens (tertiary/aromatic N) is 1. The Morgan fingerprint density at radius 1 is 0.864 bits per heavy atom. The summed E-state index contributed by atoms with van der Waals surface area (Å²) in [5, 5.41) is 0. The van der Waals surface area contributed by atoms with Gasteiger partial charge in [0, 0.05) is 18.0 Å². The number of rotatable bonds is 5. The highest BCUT2D eigenvalue weighted by Gasteiger charge is 2.22. The molecule has 1 heterocycles. The van der Waals surface area contributed by atoms with E-state index < -0.39 is 0 Å². The standard InChI is InChI=1S/C20H17NO/c22-20(18-11-5-2-6-12-18)19(17-9-3-1-4-10-17)14-16-8-7-13-21-15-16/h1-13,15,19H,14H2. The first-order valence-electron chi connectivity index (χ1n) is 7.38. The van der Waals surface area contributed by atoms with Gasteiger partial charge in [0.15, 0.2) is 5.78 Å². The van der Waals surface area contributed by atoms with Crippen molar-refractivity contribution in [1.82, 2.24) is 4.98 Å². The zero-order valence-corrected chi connectivity index (χ0v) is 12.2. The molecule has 3 aromatic rings. The molecular formula is C20H17NO. The van der Waals surface area contributed by atoms with E-state index in [1.165, 1.54) is 0 Å². The van der Waals surface area contributed by atoms with Crippen molar-refractivity contribution < 1.29 is 4.79 Å². The number of benzene rings is 2. The lowest BCUT2D eigenvalue weighted by Crippen LogP contribution is -2.15. The maximum atomic E-state index is 12.9. The van der Waals surface area contributed by atoms with Crippen LogP contribution in [0, 0.1) is 0 Å². The maximum Gasteiger partial charge on any atom is 0.170 e. The highest BCUT2D eigenvalue weighted by atomic mass is 16.1. The molecule has 2 heteroatoms. The minimum Gasteiger partial charge on any atom is -0.293 e. The van der Waals surface area contributed by atoms with E-state index in [1.54, 1.807) is 6.20 Å². The summed E-state index contributed by atoms with van der Waals surface area (Å²) in [5.41, 5.74) is 2.86. The smallest absolute Gasteiger partial charge is 0.170 e. The summed E-state index contributed by atoms with van der Waals surface area (Å²) >= 11 is 0. The van der Waals surface area contributed by atoms with Crippen LogP contribution in [0.25, 0.3) is 0 Å². The van der Waals surface area contributed by atoms with E-state index in [0.29, 0.717) is 6.42 Å². The first-order chi connectivity index (χ1) is 10.8. The van der Waals surface area contributed by atoms with Gasteiger partial charge in [0.2, 0.25) is 0 Å². The van der Waals surface area contributed by atoms with E-state index >= 15 is 0 Å². The van der Waals surface area contributed by atoms with Crippen LogP contribution in [0.2, 0.25) is 0 Å². The van der Waals surface area contributed by atoms with Gasteiger partial charge < -0.3 is 0 Å². The highest BCUT2D eigenvalue weighted by Crippen LogP contribution is 2.25. The van der Waals surface area contributed by atoms with Gasteiger partial charge in [0.25, 0.3) is 0 Å². The molecule has 3 rings (SSSR count). The third-order valence-corrected chi connectivity index (χ3v) is 3.74. The van der Waals surface area contributed by atoms with Gasteiger partial charge in [-0.25, -0.2) is 0 Å². The van der Waals surface area contributed by atoms with Crippen LogP contribution in [0.4, 0.5) is 0 Å². The topological polar surface area (TPSA) is 30.0 Å². The van der Waals surface area contributed by atoms with Crippen molar-refractivity contribution >= 4 is 5.78 Å². The first-order valence-corrected chi connectivity index (χ1v) is 7.38. The molecule has 2 aromatic carbocycles. The second kappa shape index (κ2) is 6.81. The third kappa shape index (κ3) is 3.29. The molecule has 0 amide bonds. The molecule has 2 nitrogen and oxygen atoms in total. The van der Waals surface area contributed by atoms with Gasteiger partial charge >= 0.3 is 0 Å². The molecule has 0 saturated heterocycles. The van der Waals surface area contributed by atoms with Crippen LogP contribution in [-0.2, 0) is 6.42 Å². The van der Waals surface area contributed by atoms with E-state index in [0.717, 1.165) is 16.7 Å². The fourth-order valence-corrected chi connectivity index (χ4v) is 2.61. The summed E-state index contributed by atoms with van der Waals surface area (Å²) in [5.74, 6) is -0.0385. The van der Waals surface area contributed by atoms with Crippen LogP contribution in [0.15, 0.2) is 85.2 Å². The Hall–Kier alpha value is -2.74. The van der Waals surface area contributed by atoms with Crippen molar-refractivity contribution in [1.29, 1.82) is 0 Å². The molecule has 0 aliphatic rings. The van der Waals surface area contributed by atoms with Crippen molar-refractivity contribution in [2.45, 2.75) is 12.3 Å². The minimum atomic E-state index is -0.187. The number of ketones is 1. The second-order valence-electron chi connectivity index (χ2n) is 5.26. The molecule has 108 valence electrons. The first kappa shape index (κ1) is 14.2. The minimum absolute atomic E-state index is 0.149. The van der Waals surface area contributed by atoms with Crippen molar-refractivity contribution in [2.75, 3.05) is 0 Å². The van der Waals surface area contributed by atoms with Crippen LogP contribution < -0.4 is 0 Å². The lowest BCUT2D eigenvalue weighted by Gasteiger charge is -2.16. The summed E-state index contributed by atoms with van der Waals surface area (Å²) in [6.07, 6.45) is 4.24. The fourth-order valence-electron chi connectivity index (χ4n) is 2.61. The molecule has 1 atom stereocenters. The Morgan fingerprint density at radius 2 is 1.55 bits per heavy atom. The van der Waals surface area contributed by atoms with Crippen molar-refractivity contribution in [2.24, 2.45) is 0 Å². The van der Waals surface area contributed by atoms with Crippen molar-refractivity contribution in [3.05, 3.63) is 102 Å². The largest absolute Gasteiger partial charge is 0.293 e. The van der Waals surface area contributed by atoms with E-state index in [1.807, 2.05) is 79.0 Å². The van der Waals surface area contributed by atoms with Gasteiger partial charge in [-0.2, -0.15) is 0 Å². The molecule has 0 bridgehead atoms. The summed E-state index contributed by atoms with van der Waals surface area (Å²) in [6, 6.07) is 23.4. The van der Waals surface area contributed by atoms with Crippen LogP contribution in [0.1, 0.15) is 27.4 Å². The summed E-state index contributed by atoms with van der Waals surface area (Å²) < 4.78 is 0. The number of aromatic nitrogens is 1. The molecule has 0 aliphatic heterocycles. The molecule has 22 heavy (non-hydrogen) atoms. The number of hydrogen-bond donors (Lipinski definition) is 0. The quantitative estimate of drug-likeness (QED) is 0.655. The predicted molar refractivity (Wildman–Crippen MR) is 87.9 cm³/mol. The fraction of sp³-hybridized carbons (Fsp3) is 0.100. The van der Waals surface area contributed by atoms with Crippen LogP contribution >= 0.6 is 0 Å². The van der Waals surface area contributed by atoms with Gasteiger partial charge in [-0.05, 0) is 23.6 Å². The molecule has 0 N–H and O–H groups in total. The number of carbonyl (C=O) groups excluding carboxylic acids is 1. The molecule has 1 aromatic heterocycles. The molecule has 0 fully saturated rings. The molecular weight excluding hydrogens is 270 g/mol. The van der Waals surface area contributed by atoms with Crippen molar-refractivity contribution in [3.63, 3.8) is 0 Å². The normalized spacial score (nSPS) is 11.8. The van der Waals surface area contributed by atoms with Gasteiger partial charge in [0.05, 0.1) is 5.92 Å². The van der Waals surface area contributed by atoms with Gasteiger partial charge in [0.1, 0.15) is 0 Å². The lowest BCUT2D eigenvalue weighted by atomic mass is 9.86. The van der Waals surface area contributed by atoms with E-state index in [-0.39, 0.29) is 11.7 Å². The lowest BCUT2D eigenvalue weighted by molar-refractivity contribution is 0.0959. The van der Waals surface area contributed by atoms with E-state index in [9.17, 15) is 4.79 Å². The number of carbonyl (C=O) groups is 1. The molecule has 0 saturated carbocycles. The molecule has 0 aliphatic carbocycles. The number of Topliss-reactive ketones (excluding diaryl/α,β-unsaturated/α-hetero) is 1. The Bertz CT molecular complexity index is 723. The van der Waals surface area contributed by atoms with E-state index in [2.05, 4.69) is 4.98 Å². The average Bonchev–Trinajstić information content (AvgIpc) is 2.61. The zero-order valence-electron chi connectivity index (χ0n) is 12.2. The SMILES string of the molecule is O=C(c1ccccc1)C(Cc1cccnc1)c1ccccc1. The number of pyridine rings is 1. The Morgan fingerprint density at radius 3 is 2.18 bits per heavy atom. The van der Waals surface area contributed by atoms with E-state index in [4.69, 9.17) is 0 Å². The van der Waals surface area contributed by atoms with Crippen LogP contribution in [0.5, 0.6) is 0 Å². The number of hydrogen-bond acceptors (Lipinski definition) is 2. The molecule has 0 spiro atoms. The molecule has 1 unspecified atom stereocenters. The zero-order chi connectivity index (χ0) is 15.2. The molecule has 0 radical (unpaired) electrons. The van der Waals surface area contributed by atoms with Crippen LogP contribution in [0.3, 0.4) is 0 Å². The Kier molecular flexibility index (Phi) is 4.40. The second-order valence-corrected chi connectivity index (χ2v) is 5.26.